The van der Waals surface area contributed by atoms with Crippen LogP contribution in [0.15, 0.2) is 29.0 Å². The second-order valence-corrected chi connectivity index (χ2v) is 11.2. The van der Waals surface area contributed by atoms with Crippen molar-refractivity contribution in [1.82, 2.24) is 21.3 Å². The van der Waals surface area contributed by atoms with Crippen LogP contribution in [0.25, 0.3) is 0 Å². The third kappa shape index (κ3) is 9.20. The first kappa shape index (κ1) is 36.6. The van der Waals surface area contributed by atoms with Gasteiger partial charge in [0.15, 0.2) is 6.04 Å². The maximum Gasteiger partial charge on any atom is 0.491 e. The van der Waals surface area contributed by atoms with Gasteiger partial charge in [-0.3, -0.25) is 23.9 Å². The molecule has 0 aromatic heterocycles. The third-order valence-corrected chi connectivity index (χ3v) is 8.01. The number of fused-ring (bicyclic) bond motifs is 2. The summed E-state index contributed by atoms with van der Waals surface area (Å²) in [5, 5.41) is 38.8. The summed E-state index contributed by atoms with van der Waals surface area (Å²) in [6.07, 6.45) is 1.10. The minimum atomic E-state index is -1.46. The Balaban J connectivity index is 1.36. The van der Waals surface area contributed by atoms with Gasteiger partial charge in [-0.15, -0.1) is 0 Å². The molecule has 254 valence electrons. The van der Waals surface area contributed by atoms with E-state index in [9.17, 15) is 42.8 Å². The maximum atomic E-state index is 14.6. The molecule has 0 bridgehead atoms. The normalized spacial score (nSPS) is 14.4. The lowest BCUT2D eigenvalue weighted by atomic mass is 9.78. The summed E-state index contributed by atoms with van der Waals surface area (Å²) in [5.74, 6) is -5.65. The molecular formula is C28H32B2F2N5O10P. The second kappa shape index (κ2) is 16.7. The minimum Gasteiger partial charge on any atom is -0.480 e. The van der Waals surface area contributed by atoms with Gasteiger partial charge in [0.25, 0.3) is 11.8 Å². The van der Waals surface area contributed by atoms with E-state index in [4.69, 9.17) is 14.4 Å². The zero-order chi connectivity index (χ0) is 35.0. The number of hydrogen-bond acceptors (Lipinski definition) is 10. The number of carbonyl (C=O) groups is 5. The van der Waals surface area contributed by atoms with Crippen LogP contribution in [-0.4, -0.2) is 90.7 Å². The van der Waals surface area contributed by atoms with Crippen LogP contribution in [0.5, 0.6) is 0 Å². The van der Waals surface area contributed by atoms with Crippen LogP contribution in [-0.2, 0) is 36.9 Å². The van der Waals surface area contributed by atoms with Gasteiger partial charge < -0.3 is 45.7 Å². The Morgan fingerprint density at radius 3 is 2.00 bits per heavy atom. The van der Waals surface area contributed by atoms with Gasteiger partial charge in [-0.2, -0.15) is 0 Å². The van der Waals surface area contributed by atoms with E-state index in [1.54, 1.807) is 0 Å². The molecule has 0 unspecified atom stereocenters. The fourth-order valence-electron chi connectivity index (χ4n) is 5.02. The molecule has 20 heteroatoms. The summed E-state index contributed by atoms with van der Waals surface area (Å²) < 4.78 is 42.7. The SMILES string of the molecule is O=C(CCNC(=O)[C@H](CNC(=O)c1cc(F)c2c(c1)B(O)OC2)NC(=O)c1cc(F)c2c(c1)B(O)OC2)NCCCC[C@H](N=P)C(=O)O. The molecule has 4 amide bonds. The Bertz CT molecular complexity index is 1610. The average Bonchev–Trinajstić information content (AvgIpc) is 3.62. The van der Waals surface area contributed by atoms with Crippen molar-refractivity contribution in [1.29, 1.82) is 0 Å². The van der Waals surface area contributed by atoms with Gasteiger partial charge in [-0.05, 0) is 63.5 Å². The van der Waals surface area contributed by atoms with E-state index in [-0.39, 0.29) is 72.3 Å². The topological polar surface area (TPSA) is 225 Å². The zero-order valence-electron chi connectivity index (χ0n) is 25.4. The number of carboxylic acids is 1. The Hall–Kier alpha value is -4.28. The van der Waals surface area contributed by atoms with Crippen molar-refractivity contribution in [2.45, 2.75) is 51.0 Å². The molecule has 2 aliphatic heterocycles. The summed E-state index contributed by atoms with van der Waals surface area (Å²) in [6, 6.07) is 1.93. The van der Waals surface area contributed by atoms with Crippen molar-refractivity contribution in [3.8, 4) is 0 Å². The molecule has 2 aromatic carbocycles. The number of amides is 4. The van der Waals surface area contributed by atoms with Gasteiger partial charge in [-0.25, -0.2) is 13.6 Å². The highest BCUT2D eigenvalue weighted by atomic mass is 31.0. The van der Waals surface area contributed by atoms with Gasteiger partial charge in [0.2, 0.25) is 11.8 Å². The molecule has 48 heavy (non-hydrogen) atoms. The first-order valence-electron chi connectivity index (χ1n) is 14.9. The molecule has 2 aromatic rings. The molecule has 0 aliphatic carbocycles. The van der Waals surface area contributed by atoms with Crippen molar-refractivity contribution in [3.63, 3.8) is 0 Å². The molecule has 15 nitrogen and oxygen atoms in total. The Labute approximate surface area is 275 Å². The predicted octanol–water partition coefficient (Wildman–Crippen LogP) is -1.50. The van der Waals surface area contributed by atoms with Crippen molar-refractivity contribution >= 4 is 63.8 Å². The highest BCUT2D eigenvalue weighted by Crippen LogP contribution is 2.17. The number of unbranched alkanes of at least 4 members (excludes halogenated alkanes) is 1. The largest absolute Gasteiger partial charge is 0.491 e. The number of rotatable bonds is 16. The lowest BCUT2D eigenvalue weighted by molar-refractivity contribution is -0.138. The molecule has 0 spiro atoms. The van der Waals surface area contributed by atoms with Gasteiger partial charge in [-0.1, -0.05) is 0 Å². The fourth-order valence-corrected chi connectivity index (χ4v) is 5.26. The standard InChI is InChI=1S/C28H32B2F2N5O10P/c31-20-9-14(7-18-16(20)12-46-29(18)44)25(39)35-11-23(36-26(40)15-8-19-17(21(32)10-15)13-47-30(19)45)27(41)34-6-4-24(38)33-5-2-1-3-22(37-48)28(42)43/h7-10,22-23,44-45,48H,1-6,11-13H2,(H,33,38)(H,34,41)(H,35,39)(H,36,40)(H,42,43)/t22-,23-/m0/s1. The van der Waals surface area contributed by atoms with Gasteiger partial charge in [0, 0.05) is 48.3 Å². The predicted molar refractivity (Wildman–Crippen MR) is 168 cm³/mol. The van der Waals surface area contributed by atoms with E-state index in [0.717, 1.165) is 12.1 Å². The molecule has 0 saturated heterocycles. The quantitative estimate of drug-likeness (QED) is 0.0614. The third-order valence-electron chi connectivity index (χ3n) is 7.69. The minimum absolute atomic E-state index is 0.0463. The average molecular weight is 689 g/mol. The lowest BCUT2D eigenvalue weighted by Crippen LogP contribution is -2.53. The van der Waals surface area contributed by atoms with Crippen LogP contribution in [0.4, 0.5) is 8.78 Å². The number of carboxylic acid groups (broad SMARTS) is 1. The van der Waals surface area contributed by atoms with Gasteiger partial charge in [0.05, 0.1) is 13.2 Å². The summed E-state index contributed by atoms with van der Waals surface area (Å²) in [7, 11) is -0.0393. The van der Waals surface area contributed by atoms with E-state index < -0.39 is 74.1 Å². The number of hydrogen-bond donors (Lipinski definition) is 7. The Kier molecular flexibility index (Phi) is 12.7. The van der Waals surface area contributed by atoms with E-state index in [0.29, 0.717) is 12.8 Å². The highest BCUT2D eigenvalue weighted by Gasteiger charge is 2.33. The molecule has 2 aliphatic rings. The molecule has 0 radical (unpaired) electrons. The summed E-state index contributed by atoms with van der Waals surface area (Å²) in [4.78, 5) is 62.4. The summed E-state index contributed by atoms with van der Waals surface area (Å²) >= 11 is 0. The van der Waals surface area contributed by atoms with Crippen molar-refractivity contribution in [2.75, 3.05) is 19.6 Å². The number of halogens is 2. The van der Waals surface area contributed by atoms with Gasteiger partial charge >= 0.3 is 20.2 Å². The van der Waals surface area contributed by atoms with Crippen LogP contribution in [0.1, 0.15) is 57.5 Å². The van der Waals surface area contributed by atoms with E-state index in [2.05, 4.69) is 35.0 Å². The van der Waals surface area contributed by atoms with Crippen molar-refractivity contribution in [3.05, 3.63) is 58.2 Å². The molecular weight excluding hydrogens is 657 g/mol. The van der Waals surface area contributed by atoms with Crippen molar-refractivity contribution < 1.29 is 57.2 Å². The lowest BCUT2D eigenvalue weighted by Gasteiger charge is -2.20. The number of carbonyl (C=O) groups excluding carboxylic acids is 4. The smallest absolute Gasteiger partial charge is 0.480 e. The van der Waals surface area contributed by atoms with E-state index >= 15 is 0 Å². The van der Waals surface area contributed by atoms with Crippen molar-refractivity contribution in [2.24, 2.45) is 4.74 Å². The number of aliphatic carboxylic acids is 1. The monoisotopic (exact) mass is 689 g/mol. The molecule has 4 rings (SSSR count). The molecule has 0 fully saturated rings. The summed E-state index contributed by atoms with van der Waals surface area (Å²) in [5.41, 5.74) is -0.132. The van der Waals surface area contributed by atoms with Gasteiger partial charge in [0.1, 0.15) is 17.7 Å². The first-order valence-corrected chi connectivity index (χ1v) is 15.3. The molecule has 0 saturated carbocycles. The van der Waals surface area contributed by atoms with E-state index in [1.165, 1.54) is 12.1 Å². The second-order valence-electron chi connectivity index (χ2n) is 11.0. The van der Waals surface area contributed by atoms with Crippen LogP contribution >= 0.6 is 9.03 Å². The first-order chi connectivity index (χ1) is 22.9. The summed E-state index contributed by atoms with van der Waals surface area (Å²) in [6.45, 7) is -0.796. The molecule has 2 atom stereocenters. The van der Waals surface area contributed by atoms with Crippen LogP contribution in [0.3, 0.4) is 0 Å². The zero-order valence-corrected chi connectivity index (χ0v) is 26.4. The number of nitrogens with zero attached hydrogens (tertiary/aromatic N) is 1. The highest BCUT2D eigenvalue weighted by molar-refractivity contribution is 7.04. The molecule has 2 heterocycles. The molecule has 7 N–H and O–H groups in total. The fraction of sp³-hybridized carbons (Fsp3) is 0.393. The Morgan fingerprint density at radius 2 is 1.44 bits per heavy atom. The van der Waals surface area contributed by atoms with E-state index in [1.807, 2.05) is 0 Å². The number of nitrogens with one attached hydrogen (secondary N) is 4. The number of benzene rings is 2. The van der Waals surface area contributed by atoms with Crippen LogP contribution < -0.4 is 32.2 Å². The maximum absolute atomic E-state index is 14.6. The Morgan fingerprint density at radius 1 is 0.854 bits per heavy atom. The van der Waals surface area contributed by atoms with Crippen LogP contribution in [0.2, 0.25) is 0 Å². The van der Waals surface area contributed by atoms with Crippen LogP contribution in [0, 0.1) is 11.6 Å².